The van der Waals surface area contributed by atoms with E-state index in [2.05, 4.69) is 9.97 Å². The average molecular weight is 260 g/mol. The van der Waals surface area contributed by atoms with Crippen LogP contribution in [0.3, 0.4) is 0 Å². The van der Waals surface area contributed by atoms with Crippen molar-refractivity contribution in [3.8, 4) is 11.4 Å². The van der Waals surface area contributed by atoms with Crippen LogP contribution in [0, 0.1) is 0 Å². The third-order valence-corrected chi connectivity index (χ3v) is 3.66. The van der Waals surface area contributed by atoms with E-state index in [4.69, 9.17) is 17.3 Å². The standard InChI is InChI=1S/C14H14ClN3/c15-11-6-5-9(7-12(11)16)14-17-8-10-3-1-2-4-13(10)18-14/h5-8H,1-4,16H2. The normalized spacial score (nSPS) is 14.3. The number of nitrogens with zero attached hydrogens (tertiary/aromatic N) is 2. The molecule has 0 spiro atoms. The van der Waals surface area contributed by atoms with E-state index < -0.39 is 0 Å². The molecular formula is C14H14ClN3. The lowest BCUT2D eigenvalue weighted by Gasteiger charge is -2.14. The van der Waals surface area contributed by atoms with E-state index in [1.807, 2.05) is 18.3 Å². The second kappa shape index (κ2) is 4.58. The Kier molecular flexibility index (Phi) is 2.92. The molecule has 1 aromatic heterocycles. The molecule has 1 heterocycles. The van der Waals surface area contributed by atoms with Crippen molar-refractivity contribution in [2.24, 2.45) is 0 Å². The van der Waals surface area contributed by atoms with Crippen molar-refractivity contribution in [2.75, 3.05) is 5.73 Å². The molecule has 0 unspecified atom stereocenters. The molecule has 1 aliphatic carbocycles. The van der Waals surface area contributed by atoms with Gasteiger partial charge in [-0.2, -0.15) is 0 Å². The molecule has 1 aliphatic rings. The van der Waals surface area contributed by atoms with Crippen LogP contribution in [0.5, 0.6) is 0 Å². The fraction of sp³-hybridized carbons (Fsp3) is 0.286. The number of fused-ring (bicyclic) bond motifs is 1. The van der Waals surface area contributed by atoms with Gasteiger partial charge in [-0.15, -0.1) is 0 Å². The van der Waals surface area contributed by atoms with Gasteiger partial charge in [0.15, 0.2) is 5.82 Å². The van der Waals surface area contributed by atoms with Gasteiger partial charge < -0.3 is 5.73 Å². The summed E-state index contributed by atoms with van der Waals surface area (Å²) >= 11 is 5.92. The molecule has 0 fully saturated rings. The number of hydrogen-bond donors (Lipinski definition) is 1. The Bertz CT molecular complexity index is 596. The molecule has 2 N–H and O–H groups in total. The van der Waals surface area contributed by atoms with Gasteiger partial charge in [-0.05, 0) is 49.4 Å². The van der Waals surface area contributed by atoms with Crippen LogP contribution in [0.25, 0.3) is 11.4 Å². The van der Waals surface area contributed by atoms with Crippen LogP contribution in [0.4, 0.5) is 5.69 Å². The zero-order chi connectivity index (χ0) is 12.5. The number of anilines is 1. The number of rotatable bonds is 1. The quantitative estimate of drug-likeness (QED) is 0.800. The van der Waals surface area contributed by atoms with E-state index >= 15 is 0 Å². The number of halogens is 1. The van der Waals surface area contributed by atoms with Crippen molar-refractivity contribution in [3.05, 3.63) is 40.7 Å². The van der Waals surface area contributed by atoms with Gasteiger partial charge >= 0.3 is 0 Å². The van der Waals surface area contributed by atoms with Gasteiger partial charge in [0.1, 0.15) is 0 Å². The minimum absolute atomic E-state index is 0.565. The molecule has 0 amide bonds. The summed E-state index contributed by atoms with van der Waals surface area (Å²) in [6.07, 6.45) is 6.55. The van der Waals surface area contributed by atoms with E-state index in [1.54, 1.807) is 6.07 Å². The Morgan fingerprint density at radius 2 is 2.00 bits per heavy atom. The molecule has 0 saturated heterocycles. The van der Waals surface area contributed by atoms with E-state index in [0.29, 0.717) is 10.7 Å². The third-order valence-electron chi connectivity index (χ3n) is 3.32. The molecule has 1 aromatic carbocycles. The maximum Gasteiger partial charge on any atom is 0.159 e. The summed E-state index contributed by atoms with van der Waals surface area (Å²) in [7, 11) is 0. The topological polar surface area (TPSA) is 51.8 Å². The number of aromatic nitrogens is 2. The predicted octanol–water partition coefficient (Wildman–Crippen LogP) is 3.26. The fourth-order valence-electron chi connectivity index (χ4n) is 2.30. The first-order valence-corrected chi connectivity index (χ1v) is 6.52. The first-order chi connectivity index (χ1) is 8.74. The Morgan fingerprint density at radius 1 is 1.17 bits per heavy atom. The highest BCUT2D eigenvalue weighted by Gasteiger charge is 2.13. The smallest absolute Gasteiger partial charge is 0.159 e. The minimum Gasteiger partial charge on any atom is -0.398 e. The van der Waals surface area contributed by atoms with Crippen LogP contribution >= 0.6 is 11.6 Å². The summed E-state index contributed by atoms with van der Waals surface area (Å²) in [6.45, 7) is 0. The molecule has 0 aliphatic heterocycles. The van der Waals surface area contributed by atoms with Gasteiger partial charge in [0.05, 0.1) is 10.7 Å². The van der Waals surface area contributed by atoms with Crippen molar-refractivity contribution in [3.63, 3.8) is 0 Å². The fourth-order valence-corrected chi connectivity index (χ4v) is 2.41. The number of hydrogen-bond acceptors (Lipinski definition) is 3. The summed E-state index contributed by atoms with van der Waals surface area (Å²) < 4.78 is 0. The summed E-state index contributed by atoms with van der Waals surface area (Å²) in [6, 6.07) is 5.52. The van der Waals surface area contributed by atoms with Gasteiger partial charge in [0.2, 0.25) is 0 Å². The molecule has 92 valence electrons. The minimum atomic E-state index is 0.565. The van der Waals surface area contributed by atoms with E-state index in [1.165, 1.54) is 24.1 Å². The monoisotopic (exact) mass is 259 g/mol. The highest BCUT2D eigenvalue weighted by molar-refractivity contribution is 6.33. The second-order valence-electron chi connectivity index (χ2n) is 4.61. The summed E-state index contributed by atoms with van der Waals surface area (Å²) in [4.78, 5) is 9.07. The molecule has 0 saturated carbocycles. The maximum absolute atomic E-state index is 5.92. The lowest BCUT2D eigenvalue weighted by atomic mass is 9.97. The highest BCUT2D eigenvalue weighted by atomic mass is 35.5. The van der Waals surface area contributed by atoms with Gasteiger partial charge in [-0.25, -0.2) is 9.97 Å². The number of aryl methyl sites for hydroxylation is 2. The Balaban J connectivity index is 2.03. The molecule has 3 nitrogen and oxygen atoms in total. The van der Waals surface area contributed by atoms with E-state index in [-0.39, 0.29) is 0 Å². The maximum atomic E-state index is 5.92. The zero-order valence-electron chi connectivity index (χ0n) is 9.99. The van der Waals surface area contributed by atoms with Crippen molar-refractivity contribution in [1.82, 2.24) is 9.97 Å². The van der Waals surface area contributed by atoms with Crippen LogP contribution < -0.4 is 5.73 Å². The molecular weight excluding hydrogens is 246 g/mol. The van der Waals surface area contributed by atoms with Crippen molar-refractivity contribution in [1.29, 1.82) is 0 Å². The number of benzene rings is 1. The third kappa shape index (κ3) is 2.06. The largest absolute Gasteiger partial charge is 0.398 e. The molecule has 0 atom stereocenters. The van der Waals surface area contributed by atoms with Crippen LogP contribution in [0.15, 0.2) is 24.4 Å². The lowest BCUT2D eigenvalue weighted by Crippen LogP contribution is -2.07. The first kappa shape index (κ1) is 11.5. The van der Waals surface area contributed by atoms with Gasteiger partial charge in [0, 0.05) is 17.5 Å². The van der Waals surface area contributed by atoms with Crippen molar-refractivity contribution >= 4 is 17.3 Å². The van der Waals surface area contributed by atoms with Crippen LogP contribution in [-0.4, -0.2) is 9.97 Å². The first-order valence-electron chi connectivity index (χ1n) is 6.14. The molecule has 4 heteroatoms. The summed E-state index contributed by atoms with van der Waals surface area (Å²) in [5.41, 5.74) is 9.76. The Morgan fingerprint density at radius 3 is 2.83 bits per heavy atom. The van der Waals surface area contributed by atoms with E-state index in [9.17, 15) is 0 Å². The molecule has 18 heavy (non-hydrogen) atoms. The van der Waals surface area contributed by atoms with Crippen molar-refractivity contribution < 1.29 is 0 Å². The van der Waals surface area contributed by atoms with Crippen LogP contribution in [0.2, 0.25) is 5.02 Å². The van der Waals surface area contributed by atoms with Gasteiger partial charge in [-0.3, -0.25) is 0 Å². The molecule has 0 bridgehead atoms. The van der Waals surface area contributed by atoms with Gasteiger partial charge in [0.25, 0.3) is 0 Å². The van der Waals surface area contributed by atoms with Crippen LogP contribution in [0.1, 0.15) is 24.1 Å². The Hall–Kier alpha value is -1.61. The van der Waals surface area contributed by atoms with Crippen LogP contribution in [-0.2, 0) is 12.8 Å². The SMILES string of the molecule is Nc1cc(-c2ncc3c(n2)CCCC3)ccc1Cl. The summed E-state index contributed by atoms with van der Waals surface area (Å²) in [5, 5.41) is 0.566. The van der Waals surface area contributed by atoms with Gasteiger partial charge in [-0.1, -0.05) is 11.6 Å². The molecule has 2 aromatic rings. The summed E-state index contributed by atoms with van der Waals surface area (Å²) in [5.74, 6) is 0.735. The average Bonchev–Trinajstić information content (AvgIpc) is 2.41. The zero-order valence-corrected chi connectivity index (χ0v) is 10.7. The number of nitrogen functional groups attached to an aromatic ring is 1. The van der Waals surface area contributed by atoms with Crippen molar-refractivity contribution in [2.45, 2.75) is 25.7 Å². The molecule has 3 rings (SSSR count). The number of nitrogens with two attached hydrogens (primary N) is 1. The second-order valence-corrected chi connectivity index (χ2v) is 5.02. The predicted molar refractivity (Wildman–Crippen MR) is 73.5 cm³/mol. The Labute approximate surface area is 111 Å². The highest BCUT2D eigenvalue weighted by Crippen LogP contribution is 2.26. The molecule has 0 radical (unpaired) electrons. The van der Waals surface area contributed by atoms with E-state index in [0.717, 1.165) is 24.2 Å². The lowest BCUT2D eigenvalue weighted by molar-refractivity contribution is 0.663.